The van der Waals surface area contributed by atoms with Crippen LogP contribution in [0.15, 0.2) is 35.1 Å². The molecular formula is C13H13BrClN3. The summed E-state index contributed by atoms with van der Waals surface area (Å²) in [6, 6.07) is 6.25. The summed E-state index contributed by atoms with van der Waals surface area (Å²) < 4.78 is 3.29. The molecule has 0 bridgehead atoms. The van der Waals surface area contributed by atoms with Crippen LogP contribution in [0.25, 0.3) is 0 Å². The Balaban J connectivity index is 1.94. The first-order chi connectivity index (χ1) is 8.78. The second kappa shape index (κ2) is 4.94. The summed E-state index contributed by atoms with van der Waals surface area (Å²) in [5, 5.41) is 0. The highest BCUT2D eigenvalue weighted by atomic mass is 79.9. The van der Waals surface area contributed by atoms with Crippen LogP contribution >= 0.6 is 27.5 Å². The summed E-state index contributed by atoms with van der Waals surface area (Å²) in [4.78, 5) is 6.73. The molecule has 94 valence electrons. The zero-order chi connectivity index (χ0) is 12.5. The molecular weight excluding hydrogens is 314 g/mol. The number of alkyl halides is 1. The Morgan fingerprint density at radius 1 is 1.33 bits per heavy atom. The van der Waals surface area contributed by atoms with Crippen LogP contribution < -0.4 is 4.90 Å². The number of hydrogen-bond acceptors (Lipinski definition) is 2. The number of anilines is 1. The molecule has 1 aliphatic rings. The van der Waals surface area contributed by atoms with Crippen molar-refractivity contribution >= 4 is 33.2 Å². The van der Waals surface area contributed by atoms with Gasteiger partial charge in [-0.05, 0) is 17.7 Å². The largest absolute Gasteiger partial charge is 0.362 e. The van der Waals surface area contributed by atoms with Crippen molar-refractivity contribution in [3.05, 3.63) is 46.5 Å². The summed E-state index contributed by atoms with van der Waals surface area (Å²) in [5.41, 5.74) is 2.37. The molecule has 0 atom stereocenters. The van der Waals surface area contributed by atoms with Crippen molar-refractivity contribution in [2.24, 2.45) is 0 Å². The summed E-state index contributed by atoms with van der Waals surface area (Å²) in [6.45, 7) is 2.81. The van der Waals surface area contributed by atoms with Crippen molar-refractivity contribution in [1.82, 2.24) is 9.55 Å². The van der Waals surface area contributed by atoms with E-state index in [0.717, 1.165) is 29.9 Å². The number of halogens is 2. The summed E-state index contributed by atoms with van der Waals surface area (Å²) in [6.07, 6.45) is 3.90. The van der Waals surface area contributed by atoms with E-state index in [1.54, 1.807) is 0 Å². The Morgan fingerprint density at radius 2 is 2.22 bits per heavy atom. The van der Waals surface area contributed by atoms with Gasteiger partial charge in [0.25, 0.3) is 0 Å². The third kappa shape index (κ3) is 2.15. The second-order valence-corrected chi connectivity index (χ2v) is 5.55. The van der Waals surface area contributed by atoms with Crippen LogP contribution in [0.4, 0.5) is 5.69 Å². The van der Waals surface area contributed by atoms with Crippen LogP contribution in [0.3, 0.4) is 0 Å². The Labute approximate surface area is 120 Å². The maximum atomic E-state index is 6.02. The van der Waals surface area contributed by atoms with Crippen molar-refractivity contribution in [1.29, 1.82) is 0 Å². The third-order valence-corrected chi connectivity index (χ3v) is 4.06. The standard InChI is InChI=1S/C13H13BrClN3/c14-11-2-1-10(8-15)12(7-11)18-6-5-17-4-3-16-13(17)9-18/h1-4,7H,5-6,8-9H2. The molecule has 2 aromatic rings. The van der Waals surface area contributed by atoms with Gasteiger partial charge in [0.15, 0.2) is 0 Å². The van der Waals surface area contributed by atoms with Gasteiger partial charge in [-0.1, -0.05) is 22.0 Å². The first-order valence-electron chi connectivity index (χ1n) is 5.87. The van der Waals surface area contributed by atoms with Crippen molar-refractivity contribution in [3.63, 3.8) is 0 Å². The summed E-state index contributed by atoms with van der Waals surface area (Å²) in [5.74, 6) is 1.65. The molecule has 2 heterocycles. The molecule has 0 N–H and O–H groups in total. The zero-order valence-electron chi connectivity index (χ0n) is 9.81. The van der Waals surface area contributed by atoms with Gasteiger partial charge in [0.2, 0.25) is 0 Å². The lowest BCUT2D eigenvalue weighted by molar-refractivity contribution is 0.559. The lowest BCUT2D eigenvalue weighted by Crippen LogP contribution is -2.34. The maximum Gasteiger partial charge on any atom is 0.128 e. The molecule has 18 heavy (non-hydrogen) atoms. The van der Waals surface area contributed by atoms with Crippen LogP contribution in [0.5, 0.6) is 0 Å². The zero-order valence-corrected chi connectivity index (χ0v) is 12.2. The minimum atomic E-state index is 0.535. The molecule has 1 aliphatic heterocycles. The summed E-state index contributed by atoms with van der Waals surface area (Å²) in [7, 11) is 0. The van der Waals surface area contributed by atoms with Crippen molar-refractivity contribution in [2.45, 2.75) is 19.0 Å². The molecule has 1 aromatic heterocycles. The molecule has 3 rings (SSSR count). The number of nitrogens with zero attached hydrogens (tertiary/aromatic N) is 3. The van der Waals surface area contributed by atoms with Crippen LogP contribution in [0.1, 0.15) is 11.4 Å². The molecule has 0 spiro atoms. The van der Waals surface area contributed by atoms with Crippen molar-refractivity contribution < 1.29 is 0 Å². The highest BCUT2D eigenvalue weighted by Gasteiger charge is 2.19. The van der Waals surface area contributed by atoms with E-state index in [1.165, 1.54) is 11.3 Å². The highest BCUT2D eigenvalue weighted by molar-refractivity contribution is 9.10. The van der Waals surface area contributed by atoms with Gasteiger partial charge >= 0.3 is 0 Å². The van der Waals surface area contributed by atoms with Gasteiger partial charge in [-0.25, -0.2) is 4.98 Å². The fourth-order valence-corrected chi connectivity index (χ4v) is 2.90. The number of aromatic nitrogens is 2. The minimum absolute atomic E-state index is 0.535. The first kappa shape index (κ1) is 12.1. The van der Waals surface area contributed by atoms with Gasteiger partial charge in [-0.15, -0.1) is 11.6 Å². The SMILES string of the molecule is ClCc1ccc(Br)cc1N1CCn2ccnc2C1. The third-order valence-electron chi connectivity index (χ3n) is 3.28. The molecule has 0 amide bonds. The van der Waals surface area contributed by atoms with E-state index in [0.29, 0.717) is 5.88 Å². The molecule has 0 saturated heterocycles. The lowest BCUT2D eigenvalue weighted by atomic mass is 10.1. The van der Waals surface area contributed by atoms with E-state index >= 15 is 0 Å². The molecule has 0 unspecified atom stereocenters. The van der Waals surface area contributed by atoms with E-state index in [4.69, 9.17) is 11.6 Å². The van der Waals surface area contributed by atoms with Gasteiger partial charge < -0.3 is 9.47 Å². The normalized spacial score (nSPS) is 14.7. The number of hydrogen-bond donors (Lipinski definition) is 0. The monoisotopic (exact) mass is 325 g/mol. The first-order valence-corrected chi connectivity index (χ1v) is 7.20. The van der Waals surface area contributed by atoms with Crippen molar-refractivity contribution in [3.8, 4) is 0 Å². The van der Waals surface area contributed by atoms with Gasteiger partial charge in [-0.2, -0.15) is 0 Å². The Bertz CT molecular complexity index is 567. The summed E-state index contributed by atoms with van der Waals surface area (Å²) >= 11 is 9.55. The number of fused-ring (bicyclic) bond motifs is 1. The Hall–Kier alpha value is -1.00. The minimum Gasteiger partial charge on any atom is -0.362 e. The predicted octanol–water partition coefficient (Wildman–Crippen LogP) is 3.40. The van der Waals surface area contributed by atoms with Crippen LogP contribution in [0.2, 0.25) is 0 Å². The molecule has 1 aromatic carbocycles. The average molecular weight is 327 g/mol. The molecule has 0 radical (unpaired) electrons. The maximum absolute atomic E-state index is 6.02. The highest BCUT2D eigenvalue weighted by Crippen LogP contribution is 2.29. The number of rotatable bonds is 2. The van der Waals surface area contributed by atoms with E-state index < -0.39 is 0 Å². The molecule has 0 saturated carbocycles. The average Bonchev–Trinajstić information content (AvgIpc) is 2.85. The van der Waals surface area contributed by atoms with Crippen LogP contribution in [-0.4, -0.2) is 16.1 Å². The fourth-order valence-electron chi connectivity index (χ4n) is 2.32. The van der Waals surface area contributed by atoms with E-state index in [2.05, 4.69) is 42.5 Å². The van der Waals surface area contributed by atoms with Crippen LogP contribution in [-0.2, 0) is 19.0 Å². The Kier molecular flexibility index (Phi) is 3.31. The molecule has 5 heteroatoms. The Morgan fingerprint density at radius 3 is 3.06 bits per heavy atom. The predicted molar refractivity (Wildman–Crippen MR) is 77.0 cm³/mol. The fraction of sp³-hybridized carbons (Fsp3) is 0.308. The van der Waals surface area contributed by atoms with Gasteiger partial charge in [0.1, 0.15) is 5.82 Å². The number of benzene rings is 1. The topological polar surface area (TPSA) is 21.1 Å². The smallest absolute Gasteiger partial charge is 0.128 e. The molecule has 0 aliphatic carbocycles. The van der Waals surface area contributed by atoms with Gasteiger partial charge in [0, 0.05) is 41.5 Å². The molecule has 3 nitrogen and oxygen atoms in total. The molecule has 0 fully saturated rings. The van der Waals surface area contributed by atoms with Gasteiger partial charge in [0.05, 0.1) is 6.54 Å². The van der Waals surface area contributed by atoms with Crippen molar-refractivity contribution in [2.75, 3.05) is 11.4 Å². The van der Waals surface area contributed by atoms with E-state index in [1.807, 2.05) is 18.5 Å². The van der Waals surface area contributed by atoms with E-state index in [9.17, 15) is 0 Å². The number of imidazole rings is 1. The van der Waals surface area contributed by atoms with Crippen LogP contribution in [0, 0.1) is 0 Å². The van der Waals surface area contributed by atoms with Gasteiger partial charge in [-0.3, -0.25) is 0 Å². The van der Waals surface area contributed by atoms with E-state index in [-0.39, 0.29) is 0 Å². The quantitative estimate of drug-likeness (QED) is 0.789. The lowest BCUT2D eigenvalue weighted by Gasteiger charge is -2.31. The second-order valence-electron chi connectivity index (χ2n) is 4.37.